The number of carbonyl (C=O) groups excluding carboxylic acids is 1. The highest BCUT2D eigenvalue weighted by molar-refractivity contribution is 7.12. The molecule has 2 aromatic heterocycles. The van der Waals surface area contributed by atoms with Crippen molar-refractivity contribution in [2.75, 3.05) is 42.1 Å². The topological polar surface area (TPSA) is 96.4 Å². The first-order valence-electron chi connectivity index (χ1n) is 8.35. The number of anilines is 3. The molecule has 134 valence electrons. The summed E-state index contributed by atoms with van der Waals surface area (Å²) in [7, 11) is 0. The van der Waals surface area contributed by atoms with Gasteiger partial charge in [0.25, 0.3) is 5.91 Å². The number of benzene rings is 1. The van der Waals surface area contributed by atoms with E-state index in [-0.39, 0.29) is 5.91 Å². The third-order valence-electron chi connectivity index (χ3n) is 4.28. The number of nitrogens with one attached hydrogen (secondary N) is 2. The van der Waals surface area contributed by atoms with Gasteiger partial charge in [0.1, 0.15) is 5.82 Å². The number of furan rings is 1. The van der Waals surface area contributed by atoms with Crippen LogP contribution in [0.2, 0.25) is 0 Å². The molecule has 8 heteroatoms. The number of hydrogen-bond donors (Lipinski definition) is 3. The van der Waals surface area contributed by atoms with E-state index in [0.717, 1.165) is 43.1 Å². The molecule has 0 unspecified atom stereocenters. The molecule has 0 radical (unpaired) electrons. The van der Waals surface area contributed by atoms with Crippen LogP contribution in [0.1, 0.15) is 9.80 Å². The molecule has 1 saturated heterocycles. The maximum Gasteiger partial charge on any atom is 0.284 e. The fourth-order valence-electron chi connectivity index (χ4n) is 2.86. The second-order valence-electron chi connectivity index (χ2n) is 6.02. The Kier molecular flexibility index (Phi) is 4.59. The van der Waals surface area contributed by atoms with Crippen molar-refractivity contribution in [3.05, 3.63) is 47.2 Å². The summed E-state index contributed by atoms with van der Waals surface area (Å²) in [5, 5.41) is 8.52. The predicted molar refractivity (Wildman–Crippen MR) is 104 cm³/mol. The first-order chi connectivity index (χ1) is 12.7. The lowest BCUT2D eigenvalue weighted by atomic mass is 10.1. The maximum absolute atomic E-state index is 12.6. The van der Waals surface area contributed by atoms with Gasteiger partial charge in [0.2, 0.25) is 0 Å². The minimum atomic E-state index is -0.257. The van der Waals surface area contributed by atoms with Crippen molar-refractivity contribution in [2.45, 2.75) is 0 Å². The molecule has 1 amide bonds. The lowest BCUT2D eigenvalue weighted by molar-refractivity contribution is 0.102. The third kappa shape index (κ3) is 3.42. The molecule has 1 aliphatic heterocycles. The summed E-state index contributed by atoms with van der Waals surface area (Å²) in [6.45, 7) is 3.64. The fourth-order valence-corrected chi connectivity index (χ4v) is 3.58. The number of aromatic nitrogens is 1. The largest absolute Gasteiger partial charge is 0.472 e. The van der Waals surface area contributed by atoms with Gasteiger partial charge in [-0.1, -0.05) is 6.07 Å². The van der Waals surface area contributed by atoms with E-state index in [2.05, 4.69) is 20.5 Å². The van der Waals surface area contributed by atoms with Gasteiger partial charge < -0.3 is 25.7 Å². The van der Waals surface area contributed by atoms with Crippen LogP contribution in [0.5, 0.6) is 0 Å². The number of rotatable bonds is 4. The second-order valence-corrected chi connectivity index (χ2v) is 6.87. The Labute approximate surface area is 154 Å². The summed E-state index contributed by atoms with van der Waals surface area (Å²) in [4.78, 5) is 19.3. The fraction of sp³-hybridized carbons (Fsp3) is 0.222. The van der Waals surface area contributed by atoms with Crippen molar-refractivity contribution < 1.29 is 9.21 Å². The van der Waals surface area contributed by atoms with E-state index in [1.165, 1.54) is 11.3 Å². The van der Waals surface area contributed by atoms with Gasteiger partial charge in [-0.2, -0.15) is 0 Å². The standard InChI is InChI=1S/C18H19N5O2S/c19-14-2-1-12(13-3-8-25-10-13)9-15(14)21-17(24)18-22-16(11-26-18)23-6-4-20-5-7-23/h1-3,8-11,20H,4-7,19H2,(H,21,24). The maximum atomic E-state index is 12.6. The van der Waals surface area contributed by atoms with Crippen LogP contribution in [0.4, 0.5) is 17.2 Å². The highest BCUT2D eigenvalue weighted by Gasteiger charge is 2.18. The summed E-state index contributed by atoms with van der Waals surface area (Å²) in [5.41, 5.74) is 8.93. The molecule has 4 N–H and O–H groups in total. The average Bonchev–Trinajstić information content (AvgIpc) is 3.36. The number of thiazole rings is 1. The first kappa shape index (κ1) is 16.6. The van der Waals surface area contributed by atoms with Crippen LogP contribution in [-0.2, 0) is 0 Å². The predicted octanol–water partition coefficient (Wildman–Crippen LogP) is 2.65. The van der Waals surface area contributed by atoms with Gasteiger partial charge in [0, 0.05) is 37.1 Å². The molecule has 1 fully saturated rings. The van der Waals surface area contributed by atoms with Gasteiger partial charge >= 0.3 is 0 Å². The van der Waals surface area contributed by atoms with E-state index in [1.54, 1.807) is 18.6 Å². The molecule has 0 aliphatic carbocycles. The molecule has 1 aromatic carbocycles. The van der Waals surface area contributed by atoms with Crippen LogP contribution in [0.15, 0.2) is 46.6 Å². The molecule has 0 bridgehead atoms. The molecule has 1 aliphatic rings. The van der Waals surface area contributed by atoms with E-state index < -0.39 is 0 Å². The summed E-state index contributed by atoms with van der Waals surface area (Å²) in [5.74, 6) is 0.592. The number of nitrogens with two attached hydrogens (primary N) is 1. The molecule has 26 heavy (non-hydrogen) atoms. The van der Waals surface area contributed by atoms with Crippen molar-refractivity contribution >= 4 is 34.4 Å². The number of nitrogen functional groups attached to an aromatic ring is 1. The van der Waals surface area contributed by atoms with Crippen LogP contribution < -0.4 is 21.3 Å². The van der Waals surface area contributed by atoms with E-state index in [1.807, 2.05) is 23.6 Å². The smallest absolute Gasteiger partial charge is 0.284 e. The number of nitrogens with zero attached hydrogens (tertiary/aromatic N) is 2. The van der Waals surface area contributed by atoms with Crippen molar-refractivity contribution in [3.8, 4) is 11.1 Å². The number of hydrogen-bond acceptors (Lipinski definition) is 7. The van der Waals surface area contributed by atoms with E-state index >= 15 is 0 Å². The van der Waals surface area contributed by atoms with Crippen LogP contribution in [0.25, 0.3) is 11.1 Å². The van der Waals surface area contributed by atoms with E-state index in [0.29, 0.717) is 16.4 Å². The average molecular weight is 369 g/mol. The Bertz CT molecular complexity index is 900. The highest BCUT2D eigenvalue weighted by Crippen LogP contribution is 2.28. The molecular formula is C18H19N5O2S. The first-order valence-corrected chi connectivity index (χ1v) is 9.23. The third-order valence-corrected chi connectivity index (χ3v) is 5.11. The number of piperazine rings is 1. The molecule has 4 rings (SSSR count). The van der Waals surface area contributed by atoms with Crippen LogP contribution >= 0.6 is 11.3 Å². The van der Waals surface area contributed by atoms with E-state index in [4.69, 9.17) is 10.2 Å². The highest BCUT2D eigenvalue weighted by atomic mass is 32.1. The van der Waals surface area contributed by atoms with Crippen molar-refractivity contribution in [1.29, 1.82) is 0 Å². The molecule has 0 spiro atoms. The Morgan fingerprint density at radius 2 is 2.12 bits per heavy atom. The minimum Gasteiger partial charge on any atom is -0.472 e. The Morgan fingerprint density at radius 1 is 1.27 bits per heavy atom. The summed E-state index contributed by atoms with van der Waals surface area (Å²) in [6, 6.07) is 7.36. The molecular weight excluding hydrogens is 350 g/mol. The van der Waals surface area contributed by atoms with Crippen molar-refractivity contribution in [2.24, 2.45) is 0 Å². The molecule has 3 aromatic rings. The molecule has 3 heterocycles. The van der Waals surface area contributed by atoms with Gasteiger partial charge in [-0.25, -0.2) is 4.98 Å². The molecule has 0 atom stereocenters. The Hall–Kier alpha value is -2.84. The Balaban J connectivity index is 1.51. The van der Waals surface area contributed by atoms with Crippen molar-refractivity contribution in [3.63, 3.8) is 0 Å². The quantitative estimate of drug-likeness (QED) is 0.612. The summed E-state index contributed by atoms with van der Waals surface area (Å²) >= 11 is 1.34. The van der Waals surface area contributed by atoms with Gasteiger partial charge in [0.15, 0.2) is 5.01 Å². The SMILES string of the molecule is Nc1ccc(-c2ccoc2)cc1NC(=O)c1nc(N2CCNCC2)cs1. The minimum absolute atomic E-state index is 0.257. The second kappa shape index (κ2) is 7.19. The lowest BCUT2D eigenvalue weighted by Gasteiger charge is -2.27. The monoisotopic (exact) mass is 369 g/mol. The molecule has 0 saturated carbocycles. The molecule has 7 nitrogen and oxygen atoms in total. The normalized spacial score (nSPS) is 14.4. The number of amides is 1. The summed E-state index contributed by atoms with van der Waals surface area (Å²) < 4.78 is 5.11. The zero-order valence-electron chi connectivity index (χ0n) is 14.1. The van der Waals surface area contributed by atoms with E-state index in [9.17, 15) is 4.79 Å². The van der Waals surface area contributed by atoms with Gasteiger partial charge in [0.05, 0.1) is 23.9 Å². The van der Waals surface area contributed by atoms with Crippen molar-refractivity contribution in [1.82, 2.24) is 10.3 Å². The van der Waals surface area contributed by atoms with Crippen LogP contribution in [0, 0.1) is 0 Å². The number of carbonyl (C=O) groups is 1. The van der Waals surface area contributed by atoms with Crippen LogP contribution in [-0.4, -0.2) is 37.1 Å². The van der Waals surface area contributed by atoms with Gasteiger partial charge in [-0.05, 0) is 23.8 Å². The van der Waals surface area contributed by atoms with Gasteiger partial charge in [-0.15, -0.1) is 11.3 Å². The Morgan fingerprint density at radius 3 is 2.88 bits per heavy atom. The zero-order valence-corrected chi connectivity index (χ0v) is 14.9. The van der Waals surface area contributed by atoms with Gasteiger partial charge in [-0.3, -0.25) is 4.79 Å². The lowest BCUT2D eigenvalue weighted by Crippen LogP contribution is -2.43. The zero-order chi connectivity index (χ0) is 17.9. The summed E-state index contributed by atoms with van der Waals surface area (Å²) in [6.07, 6.45) is 3.26. The van der Waals surface area contributed by atoms with Crippen LogP contribution in [0.3, 0.4) is 0 Å².